The number of nitrogens with one attached hydrogen (secondary N) is 2. The molecule has 0 aliphatic carbocycles. The summed E-state index contributed by atoms with van der Waals surface area (Å²) in [5.41, 5.74) is 0.0868. The third-order valence-corrected chi connectivity index (χ3v) is 7.75. The van der Waals surface area contributed by atoms with Gasteiger partial charge in [0.25, 0.3) is 11.5 Å². The maximum absolute atomic E-state index is 13.6. The maximum atomic E-state index is 13.6. The summed E-state index contributed by atoms with van der Waals surface area (Å²) in [6.07, 6.45) is -0.213. The fraction of sp³-hybridized carbons (Fsp3) is 0.571. The standard InChI is InChI=1S/C28H36F4N4O3/c1-18-22(4-3-5-24(18)28(30,31)32)19(2)33-27(38)23-17-36(21-8-14-39-15-9-21)26(37)16-25(23)34-20-6-11-35(12-7-20)13-10-29/h3-5,16-17,19-21,34H,6-15H2,1-2H3,(H,33,38). The Balaban J connectivity index is 1.61. The van der Waals surface area contributed by atoms with Crippen molar-refractivity contribution in [1.82, 2.24) is 14.8 Å². The SMILES string of the molecule is Cc1c(C(C)NC(=O)c2cn(C3CCOCC3)c(=O)cc2NC2CCN(CCF)CC2)cccc1C(F)(F)F. The van der Waals surface area contributed by atoms with Crippen LogP contribution in [-0.2, 0) is 10.9 Å². The molecule has 1 amide bonds. The van der Waals surface area contributed by atoms with Crippen molar-refractivity contribution in [3.63, 3.8) is 0 Å². The van der Waals surface area contributed by atoms with Gasteiger partial charge in [-0.3, -0.25) is 9.59 Å². The van der Waals surface area contributed by atoms with Crippen molar-refractivity contribution >= 4 is 11.6 Å². The van der Waals surface area contributed by atoms with Gasteiger partial charge in [0.2, 0.25) is 0 Å². The van der Waals surface area contributed by atoms with Gasteiger partial charge < -0.3 is 24.8 Å². The smallest absolute Gasteiger partial charge is 0.381 e. The third kappa shape index (κ3) is 7.00. The van der Waals surface area contributed by atoms with Crippen molar-refractivity contribution in [1.29, 1.82) is 0 Å². The molecule has 214 valence electrons. The summed E-state index contributed by atoms with van der Waals surface area (Å²) in [5, 5.41) is 6.20. The van der Waals surface area contributed by atoms with Gasteiger partial charge in [0.05, 0.1) is 22.9 Å². The van der Waals surface area contributed by atoms with E-state index in [4.69, 9.17) is 4.74 Å². The quantitative estimate of drug-likeness (QED) is 0.458. The Morgan fingerprint density at radius 1 is 1.15 bits per heavy atom. The van der Waals surface area contributed by atoms with E-state index in [0.29, 0.717) is 56.9 Å². The number of halogens is 4. The van der Waals surface area contributed by atoms with Crippen LogP contribution in [0.1, 0.15) is 71.7 Å². The zero-order chi connectivity index (χ0) is 28.2. The van der Waals surface area contributed by atoms with E-state index in [1.165, 1.54) is 19.1 Å². The van der Waals surface area contributed by atoms with Gasteiger partial charge in [-0.15, -0.1) is 0 Å². The molecule has 1 aromatic heterocycles. The van der Waals surface area contributed by atoms with Crippen LogP contribution in [0, 0.1) is 6.92 Å². The number of hydrogen-bond donors (Lipinski definition) is 2. The predicted octanol–water partition coefficient (Wildman–Crippen LogP) is 4.86. The van der Waals surface area contributed by atoms with Gasteiger partial charge in [-0.2, -0.15) is 13.2 Å². The molecular formula is C28H36F4N4O3. The van der Waals surface area contributed by atoms with Crippen LogP contribution in [0.5, 0.6) is 0 Å². The number of benzene rings is 1. The Morgan fingerprint density at radius 2 is 1.85 bits per heavy atom. The van der Waals surface area contributed by atoms with Crippen LogP contribution < -0.4 is 16.2 Å². The monoisotopic (exact) mass is 552 g/mol. The first-order valence-corrected chi connectivity index (χ1v) is 13.4. The number of piperidine rings is 1. The number of aromatic nitrogens is 1. The van der Waals surface area contributed by atoms with E-state index >= 15 is 0 Å². The molecule has 0 spiro atoms. The van der Waals surface area contributed by atoms with Crippen molar-refractivity contribution < 1.29 is 27.1 Å². The molecule has 39 heavy (non-hydrogen) atoms. The van der Waals surface area contributed by atoms with Crippen LogP contribution in [0.3, 0.4) is 0 Å². The molecular weight excluding hydrogens is 516 g/mol. The molecule has 3 heterocycles. The summed E-state index contributed by atoms with van der Waals surface area (Å²) in [4.78, 5) is 28.7. The van der Waals surface area contributed by atoms with Crippen molar-refractivity contribution in [2.45, 2.75) is 63.8 Å². The third-order valence-electron chi connectivity index (χ3n) is 7.75. The first-order chi connectivity index (χ1) is 18.6. The minimum absolute atomic E-state index is 0.00567. The topological polar surface area (TPSA) is 75.6 Å². The molecule has 2 fully saturated rings. The number of hydrogen-bond acceptors (Lipinski definition) is 5. The normalized spacial score (nSPS) is 18.6. The number of anilines is 1. The second-order valence-electron chi connectivity index (χ2n) is 10.4. The average molecular weight is 553 g/mol. The maximum Gasteiger partial charge on any atom is 0.416 e. The summed E-state index contributed by atoms with van der Waals surface area (Å²) in [7, 11) is 0. The molecule has 1 aromatic carbocycles. The molecule has 11 heteroatoms. The van der Waals surface area contributed by atoms with Gasteiger partial charge >= 0.3 is 6.18 Å². The van der Waals surface area contributed by atoms with E-state index in [2.05, 4.69) is 10.6 Å². The lowest BCUT2D eigenvalue weighted by molar-refractivity contribution is -0.138. The van der Waals surface area contributed by atoms with E-state index in [1.54, 1.807) is 23.8 Å². The van der Waals surface area contributed by atoms with E-state index in [9.17, 15) is 27.2 Å². The first-order valence-electron chi connectivity index (χ1n) is 13.4. The second kappa shape index (κ2) is 12.5. The number of carbonyl (C=O) groups excluding carboxylic acids is 1. The molecule has 0 bridgehead atoms. The number of amides is 1. The fourth-order valence-electron chi connectivity index (χ4n) is 5.52. The molecule has 0 saturated carbocycles. The molecule has 2 aliphatic rings. The largest absolute Gasteiger partial charge is 0.416 e. The number of carbonyl (C=O) groups is 1. The van der Waals surface area contributed by atoms with Gasteiger partial charge in [-0.25, -0.2) is 4.39 Å². The molecule has 1 atom stereocenters. The Kier molecular flexibility index (Phi) is 9.32. The van der Waals surface area contributed by atoms with Crippen LogP contribution in [0.25, 0.3) is 0 Å². The number of pyridine rings is 1. The van der Waals surface area contributed by atoms with E-state index in [-0.39, 0.29) is 28.8 Å². The van der Waals surface area contributed by atoms with E-state index < -0.39 is 30.4 Å². The minimum atomic E-state index is -4.50. The van der Waals surface area contributed by atoms with Gasteiger partial charge in [-0.05, 0) is 56.7 Å². The molecule has 0 radical (unpaired) electrons. The van der Waals surface area contributed by atoms with Crippen molar-refractivity contribution in [3.8, 4) is 0 Å². The number of alkyl halides is 4. The summed E-state index contributed by atoms with van der Waals surface area (Å²) in [6.45, 7) is 5.45. The summed E-state index contributed by atoms with van der Waals surface area (Å²) in [5.74, 6) is -0.488. The number of ether oxygens (including phenoxy) is 1. The molecule has 2 N–H and O–H groups in total. The summed E-state index contributed by atoms with van der Waals surface area (Å²) < 4.78 is 60.1. The Bertz CT molecular complexity index is 1200. The Labute approximate surface area is 225 Å². The molecule has 2 saturated heterocycles. The fourth-order valence-corrected chi connectivity index (χ4v) is 5.52. The van der Waals surface area contributed by atoms with Gasteiger partial charge in [0.15, 0.2) is 0 Å². The zero-order valence-corrected chi connectivity index (χ0v) is 22.3. The molecule has 1 unspecified atom stereocenters. The van der Waals surface area contributed by atoms with Crippen LogP contribution in [0.4, 0.5) is 23.2 Å². The van der Waals surface area contributed by atoms with Crippen molar-refractivity contribution in [3.05, 3.63) is 63.1 Å². The van der Waals surface area contributed by atoms with Crippen LogP contribution in [-0.4, -0.2) is 60.9 Å². The lowest BCUT2D eigenvalue weighted by Gasteiger charge is -2.33. The van der Waals surface area contributed by atoms with Gasteiger partial charge in [0, 0.05) is 57.2 Å². The number of rotatable bonds is 8. The highest BCUT2D eigenvalue weighted by Gasteiger charge is 2.33. The second-order valence-corrected chi connectivity index (χ2v) is 10.4. The first kappa shape index (κ1) is 29.1. The molecule has 7 nitrogen and oxygen atoms in total. The van der Waals surface area contributed by atoms with Crippen LogP contribution in [0.15, 0.2) is 35.3 Å². The minimum Gasteiger partial charge on any atom is -0.381 e. The van der Waals surface area contributed by atoms with Crippen LogP contribution >= 0.6 is 0 Å². The summed E-state index contributed by atoms with van der Waals surface area (Å²) >= 11 is 0. The number of likely N-dealkylation sites (tertiary alicyclic amines) is 1. The lowest BCUT2D eigenvalue weighted by atomic mass is 9.97. The lowest BCUT2D eigenvalue weighted by Crippen LogP contribution is -2.41. The zero-order valence-electron chi connectivity index (χ0n) is 22.3. The van der Waals surface area contributed by atoms with E-state index in [1.807, 2.05) is 4.90 Å². The molecule has 2 aliphatic heterocycles. The average Bonchev–Trinajstić information content (AvgIpc) is 2.90. The van der Waals surface area contributed by atoms with Crippen molar-refractivity contribution in [2.24, 2.45) is 0 Å². The summed E-state index contributed by atoms with van der Waals surface area (Å²) in [6, 6.07) is 4.54. The predicted molar refractivity (Wildman–Crippen MR) is 141 cm³/mol. The van der Waals surface area contributed by atoms with Crippen molar-refractivity contribution in [2.75, 3.05) is 44.8 Å². The van der Waals surface area contributed by atoms with Gasteiger partial charge in [0.1, 0.15) is 6.67 Å². The Hall–Kier alpha value is -2.92. The highest BCUT2D eigenvalue weighted by molar-refractivity contribution is 5.99. The highest BCUT2D eigenvalue weighted by atomic mass is 19.4. The van der Waals surface area contributed by atoms with E-state index in [0.717, 1.165) is 18.9 Å². The highest BCUT2D eigenvalue weighted by Crippen LogP contribution is 2.34. The Morgan fingerprint density at radius 3 is 2.49 bits per heavy atom. The molecule has 2 aromatic rings. The van der Waals surface area contributed by atoms with Gasteiger partial charge in [-0.1, -0.05) is 12.1 Å². The van der Waals surface area contributed by atoms with Crippen LogP contribution in [0.2, 0.25) is 0 Å². The molecule has 4 rings (SSSR count). The number of nitrogens with zero attached hydrogens (tertiary/aromatic N) is 2.